The van der Waals surface area contributed by atoms with Crippen molar-refractivity contribution in [1.82, 2.24) is 9.80 Å². The Morgan fingerprint density at radius 3 is 2.17 bits per heavy atom. The second-order valence-corrected chi connectivity index (χ2v) is 24.5. The lowest BCUT2D eigenvalue weighted by Gasteiger charge is -2.48. The molecule has 0 aliphatic carbocycles. The fourth-order valence-electron chi connectivity index (χ4n) is 5.67. The average Bonchev–Trinajstić information content (AvgIpc) is 3.39. The van der Waals surface area contributed by atoms with Crippen molar-refractivity contribution in [3.8, 4) is 0 Å². The minimum absolute atomic E-state index is 0.00721. The molecule has 0 aromatic carbocycles. The van der Waals surface area contributed by atoms with E-state index >= 15 is 0 Å². The lowest BCUT2D eigenvalue weighted by atomic mass is 9.80. The number of carbonyl (C=O) groups excluding carboxylic acids is 2. The Balaban J connectivity index is 1.90. The van der Waals surface area contributed by atoms with Crippen LogP contribution in [0.15, 0.2) is 23.9 Å². The Bertz CT molecular complexity index is 1090. The van der Waals surface area contributed by atoms with Crippen molar-refractivity contribution < 1.29 is 33.1 Å². The van der Waals surface area contributed by atoms with Crippen molar-refractivity contribution in [2.24, 2.45) is 17.8 Å². The lowest BCUT2D eigenvalue weighted by molar-refractivity contribution is -0.160. The van der Waals surface area contributed by atoms with Crippen LogP contribution in [0, 0.1) is 17.8 Å². The van der Waals surface area contributed by atoms with Gasteiger partial charge in [0.15, 0.2) is 16.6 Å². The normalized spacial score (nSPS) is 26.2. The first-order chi connectivity index (χ1) is 18.6. The molecule has 3 aliphatic heterocycles. The van der Waals surface area contributed by atoms with Crippen LogP contribution in [-0.4, -0.2) is 88.0 Å². The molecule has 2 amide bonds. The van der Waals surface area contributed by atoms with E-state index in [9.17, 15) is 19.5 Å². The number of carbonyl (C=O) groups is 3. The maximum absolute atomic E-state index is 13.5. The first kappa shape index (κ1) is 33.5. The fraction of sp³-hybridized carbons (Fsp3) is 0.767. The summed E-state index contributed by atoms with van der Waals surface area (Å²) in [6, 6.07) is -0.257. The van der Waals surface area contributed by atoms with Crippen LogP contribution >= 0.6 is 0 Å². The summed E-state index contributed by atoms with van der Waals surface area (Å²) in [5.41, 5.74) is 0.792. The van der Waals surface area contributed by atoms with E-state index in [1.165, 1.54) is 11.0 Å². The minimum atomic E-state index is -2.13. The number of hydrogen-bond acceptors (Lipinski definition) is 6. The molecule has 0 spiro atoms. The van der Waals surface area contributed by atoms with Crippen molar-refractivity contribution in [2.45, 2.75) is 103 Å². The molecule has 3 rings (SSSR count). The van der Waals surface area contributed by atoms with Crippen molar-refractivity contribution in [1.29, 1.82) is 0 Å². The van der Waals surface area contributed by atoms with Crippen LogP contribution in [0.5, 0.6) is 0 Å². The molecule has 11 heteroatoms. The summed E-state index contributed by atoms with van der Waals surface area (Å²) in [7, 11) is -4.23. The number of rotatable bonds is 10. The molecule has 0 aromatic heterocycles. The van der Waals surface area contributed by atoms with Gasteiger partial charge in [-0.15, -0.1) is 0 Å². The highest BCUT2D eigenvalue weighted by Crippen LogP contribution is 2.50. The Kier molecular flexibility index (Phi) is 9.50. The number of ether oxygens (including phenoxy) is 1. The Hall–Kier alpha value is -1.96. The van der Waals surface area contributed by atoms with Gasteiger partial charge < -0.3 is 28.5 Å². The third kappa shape index (κ3) is 6.52. The Morgan fingerprint density at radius 2 is 1.66 bits per heavy atom. The Morgan fingerprint density at radius 1 is 1.07 bits per heavy atom. The average molecular weight is 609 g/mol. The summed E-state index contributed by atoms with van der Waals surface area (Å²) < 4.78 is 18.5. The van der Waals surface area contributed by atoms with Gasteiger partial charge in [0.1, 0.15) is 12.3 Å². The number of carboxylic acids is 1. The molecule has 0 saturated carbocycles. The maximum atomic E-state index is 13.5. The molecule has 0 bridgehead atoms. The third-order valence-electron chi connectivity index (χ3n) is 10.2. The van der Waals surface area contributed by atoms with Crippen LogP contribution in [0.3, 0.4) is 0 Å². The van der Waals surface area contributed by atoms with Crippen LogP contribution in [0.1, 0.15) is 54.9 Å². The monoisotopic (exact) mass is 608 g/mol. The number of hydrogen-bond donors (Lipinski definition) is 1. The number of β-lactam (4-membered cyclic amide) rings is 1. The SMILES string of the molecule is C=CCOC(=O)N1CC(CO[Si](C)(C)C(C)(C)C)C(C2=C(C(=O)O)N3C(=O)[C@H]([C@@H](C)O[Si](C)(C)C(C)(C)C)[C@H]3C2)C1. The van der Waals surface area contributed by atoms with E-state index in [1.807, 2.05) is 6.92 Å². The van der Waals surface area contributed by atoms with Crippen LogP contribution in [0.2, 0.25) is 36.3 Å². The van der Waals surface area contributed by atoms with E-state index in [-0.39, 0.29) is 52.3 Å². The molecule has 41 heavy (non-hydrogen) atoms. The van der Waals surface area contributed by atoms with Crippen LogP contribution in [-0.2, 0) is 23.2 Å². The molecule has 3 aliphatic rings. The fourth-order valence-corrected chi connectivity index (χ4v) is 8.16. The van der Waals surface area contributed by atoms with Crippen molar-refractivity contribution in [3.63, 3.8) is 0 Å². The molecule has 9 nitrogen and oxygen atoms in total. The first-order valence-electron chi connectivity index (χ1n) is 14.8. The Labute approximate surface area is 248 Å². The van der Waals surface area contributed by atoms with E-state index in [4.69, 9.17) is 13.6 Å². The van der Waals surface area contributed by atoms with Gasteiger partial charge in [-0.1, -0.05) is 54.2 Å². The van der Waals surface area contributed by atoms with E-state index in [0.717, 1.165) is 5.57 Å². The smallest absolute Gasteiger partial charge is 0.410 e. The highest BCUT2D eigenvalue weighted by molar-refractivity contribution is 6.74. The molecule has 1 N–H and O–H groups in total. The molecule has 0 aromatic rings. The maximum Gasteiger partial charge on any atom is 0.410 e. The van der Waals surface area contributed by atoms with Crippen LogP contribution in [0.4, 0.5) is 4.79 Å². The predicted molar refractivity (Wildman–Crippen MR) is 164 cm³/mol. The topological polar surface area (TPSA) is 106 Å². The zero-order valence-corrected chi connectivity index (χ0v) is 29.0. The molecule has 232 valence electrons. The van der Waals surface area contributed by atoms with Gasteiger partial charge in [-0.2, -0.15) is 0 Å². The molecular weight excluding hydrogens is 557 g/mol. The van der Waals surface area contributed by atoms with Crippen molar-refractivity contribution in [2.75, 3.05) is 26.3 Å². The number of carboxylic acid groups (broad SMARTS) is 1. The summed E-state index contributed by atoms with van der Waals surface area (Å²) in [6.45, 7) is 28.5. The minimum Gasteiger partial charge on any atom is -0.477 e. The van der Waals surface area contributed by atoms with Crippen LogP contribution in [0.25, 0.3) is 0 Å². The first-order valence-corrected chi connectivity index (χ1v) is 20.6. The number of fused-ring (bicyclic) bond motifs is 1. The van der Waals surface area contributed by atoms with E-state index in [1.54, 1.807) is 4.90 Å². The predicted octanol–water partition coefficient (Wildman–Crippen LogP) is 5.86. The standard InChI is InChI=1S/C30H52N2O7Si2/c1-13-14-37-28(36)31-16-20(18-38-40(9,10)29(3,4)5)22(17-31)21-15-23-24(26(33)32(23)25(21)27(34)35)19(2)39-41(11,12)30(6,7)8/h13,19-20,22-24H,1,14-18H2,2-12H3,(H,34,35)/t19-,20?,22?,23-,24-/m1/s1. The number of nitrogens with zero attached hydrogens (tertiary/aromatic N) is 2. The van der Waals surface area contributed by atoms with Crippen molar-refractivity contribution >= 4 is 34.6 Å². The van der Waals surface area contributed by atoms with E-state index in [2.05, 4.69) is 74.3 Å². The largest absolute Gasteiger partial charge is 0.477 e. The molecule has 2 unspecified atom stereocenters. The number of amides is 2. The summed E-state index contributed by atoms with van der Waals surface area (Å²) in [4.78, 5) is 42.1. The van der Waals surface area contributed by atoms with Gasteiger partial charge in [0.2, 0.25) is 5.91 Å². The summed E-state index contributed by atoms with van der Waals surface area (Å²) >= 11 is 0. The van der Waals surface area contributed by atoms with Gasteiger partial charge in [-0.05, 0) is 55.2 Å². The van der Waals surface area contributed by atoms with Crippen molar-refractivity contribution in [3.05, 3.63) is 23.9 Å². The van der Waals surface area contributed by atoms with Gasteiger partial charge in [-0.25, -0.2) is 9.59 Å². The second-order valence-electron chi connectivity index (χ2n) is 15.0. The highest BCUT2D eigenvalue weighted by atomic mass is 28.4. The molecule has 2 fully saturated rings. The van der Waals surface area contributed by atoms with Crippen LogP contribution < -0.4 is 0 Å². The lowest BCUT2D eigenvalue weighted by Crippen LogP contribution is -2.63. The molecule has 0 radical (unpaired) electrons. The number of aliphatic carboxylic acids is 1. The molecule has 3 heterocycles. The van der Waals surface area contributed by atoms with E-state index in [0.29, 0.717) is 26.1 Å². The zero-order chi connectivity index (χ0) is 31.3. The van der Waals surface area contributed by atoms with Gasteiger partial charge in [0.05, 0.1) is 18.1 Å². The molecule has 2 saturated heterocycles. The number of likely N-dealkylation sites (tertiary alicyclic amines) is 1. The van der Waals surface area contributed by atoms with Gasteiger partial charge in [0.25, 0.3) is 0 Å². The van der Waals surface area contributed by atoms with E-state index < -0.39 is 34.6 Å². The van der Waals surface area contributed by atoms with Gasteiger partial charge in [-0.3, -0.25) is 4.79 Å². The molecular formula is C30H52N2O7Si2. The summed E-state index contributed by atoms with van der Waals surface area (Å²) in [6.07, 6.45) is 1.22. The third-order valence-corrected chi connectivity index (χ3v) is 19.2. The van der Waals surface area contributed by atoms with Gasteiger partial charge >= 0.3 is 12.1 Å². The van der Waals surface area contributed by atoms with Gasteiger partial charge in [0, 0.05) is 31.5 Å². The highest BCUT2D eigenvalue weighted by Gasteiger charge is 2.59. The zero-order valence-electron chi connectivity index (χ0n) is 27.0. The molecule has 5 atom stereocenters. The second kappa shape index (κ2) is 11.6. The quantitative estimate of drug-likeness (QED) is 0.188. The summed E-state index contributed by atoms with van der Waals surface area (Å²) in [5.74, 6) is -2.06. The summed E-state index contributed by atoms with van der Waals surface area (Å²) in [5, 5.41) is 10.3.